The molecule has 6 nitrogen and oxygen atoms in total. The Morgan fingerprint density at radius 2 is 2.07 bits per heavy atom. The van der Waals surface area contributed by atoms with Crippen molar-refractivity contribution in [3.05, 3.63) is 60.3 Å². The molecule has 27 heavy (non-hydrogen) atoms. The van der Waals surface area contributed by atoms with Gasteiger partial charge in [-0.1, -0.05) is 6.07 Å². The van der Waals surface area contributed by atoms with Crippen molar-refractivity contribution in [1.82, 2.24) is 4.98 Å². The zero-order valence-corrected chi connectivity index (χ0v) is 14.8. The summed E-state index contributed by atoms with van der Waals surface area (Å²) in [6.45, 7) is 0.972. The number of ether oxygens (including phenoxy) is 3. The van der Waals surface area contributed by atoms with Crippen molar-refractivity contribution >= 4 is 28.6 Å². The van der Waals surface area contributed by atoms with Crippen LogP contribution in [-0.2, 0) is 4.79 Å². The van der Waals surface area contributed by atoms with Crippen molar-refractivity contribution in [1.29, 1.82) is 0 Å². The second-order valence-corrected chi connectivity index (χ2v) is 5.95. The third kappa shape index (κ3) is 3.55. The van der Waals surface area contributed by atoms with E-state index in [1.165, 1.54) is 6.08 Å². The standard InChI is InChI=1S/C21H18N2O4/c1-25-18-12-14(13-19-21(18)27-11-10-26-19)7-8-20(24)23-17-6-2-5-16-15(17)4-3-9-22-16/h2-9,12-13H,10-11H2,1H3,(H,23,24)/b8-7+. The van der Waals surface area contributed by atoms with Gasteiger partial charge in [-0.3, -0.25) is 9.78 Å². The number of hydrogen-bond acceptors (Lipinski definition) is 5. The van der Waals surface area contributed by atoms with Gasteiger partial charge in [0.15, 0.2) is 11.5 Å². The van der Waals surface area contributed by atoms with Crippen molar-refractivity contribution in [3.8, 4) is 17.2 Å². The van der Waals surface area contributed by atoms with Crippen LogP contribution in [0.1, 0.15) is 5.56 Å². The number of amides is 1. The number of nitrogens with zero attached hydrogens (tertiary/aromatic N) is 1. The molecule has 0 spiro atoms. The highest BCUT2D eigenvalue weighted by Crippen LogP contribution is 2.40. The number of fused-ring (bicyclic) bond motifs is 2. The Bertz CT molecular complexity index is 1010. The molecule has 6 heteroatoms. The molecule has 1 aliphatic heterocycles. The lowest BCUT2D eigenvalue weighted by Gasteiger charge is -2.20. The highest BCUT2D eigenvalue weighted by atomic mass is 16.6. The van der Waals surface area contributed by atoms with Gasteiger partial charge < -0.3 is 19.5 Å². The Balaban J connectivity index is 1.55. The summed E-state index contributed by atoms with van der Waals surface area (Å²) < 4.78 is 16.6. The molecule has 0 bridgehead atoms. The van der Waals surface area contributed by atoms with E-state index in [0.717, 1.165) is 22.2 Å². The van der Waals surface area contributed by atoms with Crippen molar-refractivity contribution in [2.45, 2.75) is 0 Å². The predicted molar refractivity (Wildman–Crippen MR) is 103 cm³/mol. The summed E-state index contributed by atoms with van der Waals surface area (Å²) in [6.07, 6.45) is 4.91. The summed E-state index contributed by atoms with van der Waals surface area (Å²) in [5, 5.41) is 3.78. The number of carbonyl (C=O) groups is 1. The third-order valence-electron chi connectivity index (χ3n) is 4.18. The van der Waals surface area contributed by atoms with Crippen LogP contribution in [-0.4, -0.2) is 31.2 Å². The molecule has 4 rings (SSSR count). The number of carbonyl (C=O) groups excluding carboxylic acids is 1. The van der Waals surface area contributed by atoms with Gasteiger partial charge in [-0.05, 0) is 48.0 Å². The molecule has 1 aliphatic rings. The number of rotatable bonds is 4. The topological polar surface area (TPSA) is 69.7 Å². The molecule has 0 radical (unpaired) electrons. The molecule has 1 N–H and O–H groups in total. The van der Waals surface area contributed by atoms with Crippen molar-refractivity contribution < 1.29 is 19.0 Å². The molecule has 1 amide bonds. The van der Waals surface area contributed by atoms with Crippen LogP contribution in [0.15, 0.2) is 54.7 Å². The Hall–Kier alpha value is -3.54. The van der Waals surface area contributed by atoms with E-state index in [4.69, 9.17) is 14.2 Å². The van der Waals surface area contributed by atoms with Crippen LogP contribution in [0.4, 0.5) is 5.69 Å². The van der Waals surface area contributed by atoms with Crippen LogP contribution in [0.2, 0.25) is 0 Å². The lowest BCUT2D eigenvalue weighted by Crippen LogP contribution is -2.16. The van der Waals surface area contributed by atoms with Crippen LogP contribution in [0.5, 0.6) is 17.2 Å². The first-order valence-electron chi connectivity index (χ1n) is 8.55. The van der Waals surface area contributed by atoms with E-state index in [-0.39, 0.29) is 5.91 Å². The average molecular weight is 362 g/mol. The van der Waals surface area contributed by atoms with Gasteiger partial charge >= 0.3 is 0 Å². The fourth-order valence-corrected chi connectivity index (χ4v) is 2.95. The number of methoxy groups -OCH3 is 1. The van der Waals surface area contributed by atoms with Crippen LogP contribution >= 0.6 is 0 Å². The van der Waals surface area contributed by atoms with Gasteiger partial charge in [-0.25, -0.2) is 0 Å². The highest BCUT2D eigenvalue weighted by molar-refractivity contribution is 6.07. The fraction of sp³-hybridized carbons (Fsp3) is 0.143. The summed E-state index contributed by atoms with van der Waals surface area (Å²) >= 11 is 0. The van der Waals surface area contributed by atoms with Gasteiger partial charge in [0.1, 0.15) is 13.2 Å². The summed E-state index contributed by atoms with van der Waals surface area (Å²) in [4.78, 5) is 16.7. The van der Waals surface area contributed by atoms with E-state index in [1.807, 2.05) is 36.4 Å². The second-order valence-electron chi connectivity index (χ2n) is 5.95. The lowest BCUT2D eigenvalue weighted by molar-refractivity contribution is -0.111. The number of pyridine rings is 1. The molecule has 2 heterocycles. The monoisotopic (exact) mass is 362 g/mol. The van der Waals surface area contributed by atoms with E-state index in [2.05, 4.69) is 10.3 Å². The Morgan fingerprint density at radius 1 is 1.19 bits per heavy atom. The molecule has 1 aromatic heterocycles. The second kappa shape index (κ2) is 7.37. The smallest absolute Gasteiger partial charge is 0.248 e. The number of hydrogen-bond donors (Lipinski definition) is 1. The van der Waals surface area contributed by atoms with E-state index < -0.39 is 0 Å². The molecule has 0 unspecified atom stereocenters. The van der Waals surface area contributed by atoms with Crippen molar-refractivity contribution in [3.63, 3.8) is 0 Å². The molecule has 2 aromatic carbocycles. The van der Waals surface area contributed by atoms with Gasteiger partial charge in [0.05, 0.1) is 18.3 Å². The van der Waals surface area contributed by atoms with Gasteiger partial charge in [0.2, 0.25) is 11.7 Å². The molecule has 0 aliphatic carbocycles. The quantitative estimate of drug-likeness (QED) is 0.717. The van der Waals surface area contributed by atoms with E-state index in [1.54, 1.807) is 25.4 Å². The van der Waals surface area contributed by atoms with Gasteiger partial charge in [-0.2, -0.15) is 0 Å². The first kappa shape index (κ1) is 16.9. The van der Waals surface area contributed by atoms with Gasteiger partial charge in [0, 0.05) is 17.7 Å². The zero-order chi connectivity index (χ0) is 18.6. The van der Waals surface area contributed by atoms with Gasteiger partial charge in [0.25, 0.3) is 0 Å². The van der Waals surface area contributed by atoms with Crippen LogP contribution < -0.4 is 19.5 Å². The minimum atomic E-state index is -0.236. The molecule has 0 fully saturated rings. The van der Waals surface area contributed by atoms with Gasteiger partial charge in [-0.15, -0.1) is 0 Å². The molecule has 136 valence electrons. The van der Waals surface area contributed by atoms with E-state index in [0.29, 0.717) is 30.5 Å². The summed E-state index contributed by atoms with van der Waals surface area (Å²) in [5.74, 6) is 1.54. The maximum Gasteiger partial charge on any atom is 0.248 e. The maximum atomic E-state index is 12.4. The molecular formula is C21H18N2O4. The number of benzene rings is 2. The molecular weight excluding hydrogens is 344 g/mol. The number of anilines is 1. The minimum Gasteiger partial charge on any atom is -0.493 e. The normalized spacial score (nSPS) is 12.9. The Labute approximate surface area is 156 Å². The SMILES string of the molecule is COc1cc(/C=C/C(=O)Nc2cccc3ncccc23)cc2c1OCCO2. The van der Waals surface area contributed by atoms with Crippen LogP contribution in [0.3, 0.4) is 0 Å². The molecule has 0 saturated heterocycles. The fourth-order valence-electron chi connectivity index (χ4n) is 2.95. The van der Waals surface area contributed by atoms with Crippen molar-refractivity contribution in [2.24, 2.45) is 0 Å². The molecule has 3 aromatic rings. The van der Waals surface area contributed by atoms with Crippen LogP contribution in [0.25, 0.3) is 17.0 Å². The minimum absolute atomic E-state index is 0.236. The molecule has 0 atom stereocenters. The Kier molecular flexibility index (Phi) is 4.61. The number of aromatic nitrogens is 1. The number of nitrogens with one attached hydrogen (secondary N) is 1. The largest absolute Gasteiger partial charge is 0.493 e. The van der Waals surface area contributed by atoms with Crippen molar-refractivity contribution in [2.75, 3.05) is 25.6 Å². The average Bonchev–Trinajstić information content (AvgIpc) is 2.72. The highest BCUT2D eigenvalue weighted by Gasteiger charge is 2.17. The Morgan fingerprint density at radius 3 is 2.96 bits per heavy atom. The maximum absolute atomic E-state index is 12.4. The third-order valence-corrected chi connectivity index (χ3v) is 4.18. The van der Waals surface area contributed by atoms with E-state index in [9.17, 15) is 4.79 Å². The lowest BCUT2D eigenvalue weighted by atomic mass is 10.1. The predicted octanol–water partition coefficient (Wildman–Crippen LogP) is 3.67. The molecule has 0 saturated carbocycles. The zero-order valence-electron chi connectivity index (χ0n) is 14.8. The van der Waals surface area contributed by atoms with E-state index >= 15 is 0 Å². The summed E-state index contributed by atoms with van der Waals surface area (Å²) in [7, 11) is 1.57. The first-order chi connectivity index (χ1) is 13.2. The summed E-state index contributed by atoms with van der Waals surface area (Å²) in [5.41, 5.74) is 2.33. The first-order valence-corrected chi connectivity index (χ1v) is 8.55. The van der Waals surface area contributed by atoms with Crippen LogP contribution in [0, 0.1) is 0 Å². The summed E-state index contributed by atoms with van der Waals surface area (Å²) in [6, 6.07) is 13.0.